The van der Waals surface area contributed by atoms with Crippen LogP contribution in [0, 0.1) is 6.92 Å². The van der Waals surface area contributed by atoms with Crippen molar-refractivity contribution >= 4 is 56.3 Å². The normalized spacial score (nSPS) is 27.5. The lowest BCUT2D eigenvalue weighted by molar-refractivity contribution is -0.211. The molecule has 2 aromatic heterocycles. The molecule has 3 heterocycles. The minimum Gasteiger partial charge on any atom is -0.394 e. The number of aliphatic hydroxyl groups excluding tert-OH is 3. The van der Waals surface area contributed by atoms with Crippen molar-refractivity contribution in [1.82, 2.24) is 20.0 Å². The Morgan fingerprint density at radius 1 is 1.16 bits per heavy atom. The van der Waals surface area contributed by atoms with Crippen LogP contribution in [0.1, 0.15) is 36.7 Å². The summed E-state index contributed by atoms with van der Waals surface area (Å²) in [6.45, 7) is 1.39. The summed E-state index contributed by atoms with van der Waals surface area (Å²) >= 11 is 14.3. The number of halogens is 2. The summed E-state index contributed by atoms with van der Waals surface area (Å²) in [5.74, 6) is -0.525. The predicted octanol–water partition coefficient (Wildman–Crippen LogP) is 4.18. The van der Waals surface area contributed by atoms with Gasteiger partial charge in [-0.25, -0.2) is 9.67 Å². The van der Waals surface area contributed by atoms with Gasteiger partial charge in [0.2, 0.25) is 0 Å². The molecule has 1 saturated carbocycles. The molecule has 4 aromatic rings. The number of aromatic nitrogens is 4. The van der Waals surface area contributed by atoms with Crippen LogP contribution < -0.4 is 4.90 Å². The van der Waals surface area contributed by atoms with Crippen LogP contribution >= 0.6 is 34.5 Å². The minimum absolute atomic E-state index is 0.326. The zero-order chi connectivity index (χ0) is 31.1. The van der Waals surface area contributed by atoms with Crippen molar-refractivity contribution in [2.75, 3.05) is 18.6 Å². The Labute approximate surface area is 267 Å². The molecule has 1 amide bonds. The van der Waals surface area contributed by atoms with Gasteiger partial charge in [-0.05, 0) is 50.1 Å². The summed E-state index contributed by atoms with van der Waals surface area (Å²) in [4.78, 5) is 20.5. The minimum atomic E-state index is -1.29. The number of aliphatic hydroxyl groups is 3. The SMILES string of the molecule is CO[C@@H]1[C@@H](n2cc(-c3ccc4nc(C)sc4c3)nn2)[C@@H](O)[C@@H](CO)O[C@H]1C(=O)N(c1cc(Cl)cc(Cl)c1)[C@H]1CCCC[C@@H]1O. The fraction of sp³-hybridized carbons (Fsp3) is 0.467. The van der Waals surface area contributed by atoms with Crippen molar-refractivity contribution in [2.24, 2.45) is 0 Å². The average molecular weight is 663 g/mol. The maximum Gasteiger partial charge on any atom is 0.259 e. The first-order valence-electron chi connectivity index (χ1n) is 14.4. The van der Waals surface area contributed by atoms with Crippen molar-refractivity contribution in [3.63, 3.8) is 0 Å². The molecule has 1 aliphatic heterocycles. The van der Waals surface area contributed by atoms with Crippen molar-refractivity contribution in [2.45, 2.75) is 75.2 Å². The number of ether oxygens (including phenoxy) is 2. The summed E-state index contributed by atoms with van der Waals surface area (Å²) in [7, 11) is 1.42. The molecular weight excluding hydrogens is 629 g/mol. The Bertz CT molecular complexity index is 1630. The molecule has 2 aliphatic rings. The molecule has 2 aromatic carbocycles. The average Bonchev–Trinajstić information content (AvgIpc) is 3.63. The highest BCUT2D eigenvalue weighted by Gasteiger charge is 2.52. The van der Waals surface area contributed by atoms with E-state index in [1.54, 1.807) is 35.7 Å². The molecule has 0 unspecified atom stereocenters. The molecule has 11 nitrogen and oxygen atoms in total. The monoisotopic (exact) mass is 661 g/mol. The van der Waals surface area contributed by atoms with Gasteiger partial charge in [0.25, 0.3) is 5.91 Å². The topological polar surface area (TPSA) is 143 Å². The van der Waals surface area contributed by atoms with E-state index >= 15 is 0 Å². The van der Waals surface area contributed by atoms with E-state index in [9.17, 15) is 20.1 Å². The maximum atomic E-state index is 14.5. The number of nitrogens with zero attached hydrogens (tertiary/aromatic N) is 5. The van der Waals surface area contributed by atoms with Crippen LogP contribution in [0.2, 0.25) is 10.0 Å². The highest BCUT2D eigenvalue weighted by atomic mass is 35.5. The molecular formula is C30H33Cl2N5O6S. The van der Waals surface area contributed by atoms with Gasteiger partial charge in [-0.3, -0.25) is 4.79 Å². The third-order valence-electron chi connectivity index (χ3n) is 8.38. The Balaban J connectivity index is 1.37. The largest absolute Gasteiger partial charge is 0.394 e. The van der Waals surface area contributed by atoms with E-state index in [0.717, 1.165) is 33.6 Å². The fourth-order valence-corrected chi connectivity index (χ4v) is 7.68. The number of carbonyl (C=O) groups is 1. The molecule has 0 spiro atoms. The summed E-state index contributed by atoms with van der Waals surface area (Å²) < 4.78 is 14.4. The highest BCUT2D eigenvalue weighted by Crippen LogP contribution is 2.38. The summed E-state index contributed by atoms with van der Waals surface area (Å²) in [6, 6.07) is 9.05. The second-order valence-corrected chi connectivity index (χ2v) is 13.3. The van der Waals surface area contributed by atoms with Gasteiger partial charge < -0.3 is 29.7 Å². The second kappa shape index (κ2) is 13.0. The lowest BCUT2D eigenvalue weighted by atomic mass is 9.88. The van der Waals surface area contributed by atoms with E-state index in [-0.39, 0.29) is 0 Å². The van der Waals surface area contributed by atoms with E-state index in [0.29, 0.717) is 34.3 Å². The van der Waals surface area contributed by atoms with E-state index < -0.39 is 55.1 Å². The number of thiazole rings is 1. The Hall–Kier alpha value is -2.68. The molecule has 44 heavy (non-hydrogen) atoms. The van der Waals surface area contributed by atoms with Crippen LogP contribution in [0.5, 0.6) is 0 Å². The summed E-state index contributed by atoms with van der Waals surface area (Å²) in [6.07, 6.45) is -1.14. The second-order valence-electron chi connectivity index (χ2n) is 11.2. The molecule has 6 rings (SSSR count). The molecule has 234 valence electrons. The Morgan fingerprint density at radius 3 is 2.61 bits per heavy atom. The smallest absolute Gasteiger partial charge is 0.259 e. The van der Waals surface area contributed by atoms with Crippen molar-refractivity contribution in [1.29, 1.82) is 0 Å². The molecule has 7 atom stereocenters. The number of hydrogen-bond acceptors (Lipinski definition) is 10. The summed E-state index contributed by atoms with van der Waals surface area (Å²) in [5, 5.41) is 42.9. The van der Waals surface area contributed by atoms with Gasteiger partial charge >= 0.3 is 0 Å². The number of carbonyl (C=O) groups excluding carboxylic acids is 1. The van der Waals surface area contributed by atoms with E-state index in [2.05, 4.69) is 15.3 Å². The number of hydrogen-bond donors (Lipinski definition) is 3. The first-order chi connectivity index (χ1) is 21.2. The number of aryl methyl sites for hydroxylation is 1. The molecule has 0 radical (unpaired) electrons. The van der Waals surface area contributed by atoms with Gasteiger partial charge in [0.1, 0.15) is 30.0 Å². The van der Waals surface area contributed by atoms with Crippen LogP contribution in [-0.4, -0.2) is 91.5 Å². The van der Waals surface area contributed by atoms with E-state index in [1.807, 2.05) is 25.1 Å². The number of anilines is 1. The first kappa shape index (κ1) is 31.3. The first-order valence-corrected chi connectivity index (χ1v) is 16.0. The van der Waals surface area contributed by atoms with Gasteiger partial charge in [-0.1, -0.05) is 47.3 Å². The molecule has 3 N–H and O–H groups in total. The lowest BCUT2D eigenvalue weighted by Crippen LogP contribution is -2.63. The molecule has 1 aliphatic carbocycles. The predicted molar refractivity (Wildman–Crippen MR) is 167 cm³/mol. The number of rotatable bonds is 7. The zero-order valence-corrected chi connectivity index (χ0v) is 26.4. The zero-order valence-electron chi connectivity index (χ0n) is 24.1. The Morgan fingerprint density at radius 2 is 1.91 bits per heavy atom. The highest BCUT2D eigenvalue weighted by molar-refractivity contribution is 7.18. The standard InChI is InChI=1S/C30H33Cl2N5O6S/c1-15-33-20-8-7-16(9-25(20)44-15)21-13-36(35-34-21)26-27(40)24(14-38)43-29(28(26)42-2)30(41)37(22-5-3-4-6-23(22)39)19-11-17(31)10-18(32)12-19/h7-13,22-24,26-29,38-40H,3-6,14H2,1-2H3/t22-,23-,24+,26-,27-,28+,29+/m0/s1. The van der Waals surface area contributed by atoms with Crippen LogP contribution in [0.15, 0.2) is 42.6 Å². The molecule has 2 fully saturated rings. The summed E-state index contributed by atoms with van der Waals surface area (Å²) in [5.41, 5.74) is 2.65. The van der Waals surface area contributed by atoms with Gasteiger partial charge in [-0.2, -0.15) is 0 Å². The van der Waals surface area contributed by atoms with Crippen molar-refractivity contribution < 1.29 is 29.6 Å². The van der Waals surface area contributed by atoms with E-state index in [4.69, 9.17) is 32.7 Å². The molecule has 0 bridgehead atoms. The number of amides is 1. The number of fused-ring (bicyclic) bond motifs is 1. The molecule has 14 heteroatoms. The van der Waals surface area contributed by atoms with Crippen LogP contribution in [0.4, 0.5) is 5.69 Å². The Kier molecular flexibility index (Phi) is 9.23. The number of methoxy groups -OCH3 is 1. The van der Waals surface area contributed by atoms with Crippen molar-refractivity contribution in [3.05, 3.63) is 57.6 Å². The third kappa shape index (κ3) is 5.97. The molecule has 1 saturated heterocycles. The third-order valence-corrected chi connectivity index (χ3v) is 9.75. The van der Waals surface area contributed by atoms with Crippen molar-refractivity contribution in [3.8, 4) is 11.3 Å². The maximum absolute atomic E-state index is 14.5. The quantitative estimate of drug-likeness (QED) is 0.266. The van der Waals surface area contributed by atoms with E-state index in [1.165, 1.54) is 16.7 Å². The van der Waals surface area contributed by atoms with Gasteiger partial charge in [0.05, 0.1) is 40.2 Å². The van der Waals surface area contributed by atoms with Crippen LogP contribution in [0.25, 0.3) is 21.5 Å². The van der Waals surface area contributed by atoms with Crippen LogP contribution in [-0.2, 0) is 14.3 Å². The van der Waals surface area contributed by atoms with Gasteiger partial charge in [0, 0.05) is 28.4 Å². The van der Waals surface area contributed by atoms with Crippen LogP contribution in [0.3, 0.4) is 0 Å². The van der Waals surface area contributed by atoms with Gasteiger partial charge in [-0.15, -0.1) is 16.4 Å². The lowest BCUT2D eigenvalue weighted by Gasteiger charge is -2.46. The number of benzene rings is 2. The fourth-order valence-electron chi connectivity index (χ4n) is 6.30. The van der Waals surface area contributed by atoms with Gasteiger partial charge in [0.15, 0.2) is 6.10 Å².